The topological polar surface area (TPSA) is 93.8 Å². The van der Waals surface area contributed by atoms with Crippen LogP contribution in [-0.4, -0.2) is 23.7 Å². The Morgan fingerprint density at radius 2 is 2.04 bits per heavy atom. The second-order valence-corrected chi connectivity index (χ2v) is 5.23. The van der Waals surface area contributed by atoms with Gasteiger partial charge in [0.05, 0.1) is 23.3 Å². The van der Waals surface area contributed by atoms with Gasteiger partial charge < -0.3 is 4.74 Å². The van der Waals surface area contributed by atoms with Gasteiger partial charge in [-0.3, -0.25) is 14.9 Å². The van der Waals surface area contributed by atoms with Crippen LogP contribution < -0.4 is 10.2 Å². The van der Waals surface area contributed by atoms with Crippen molar-refractivity contribution in [1.29, 1.82) is 0 Å². The van der Waals surface area contributed by atoms with Crippen LogP contribution in [0.2, 0.25) is 5.02 Å². The van der Waals surface area contributed by atoms with Crippen LogP contribution in [0.25, 0.3) is 0 Å². The van der Waals surface area contributed by atoms with E-state index in [0.717, 1.165) is 0 Å². The standard InChI is InChI=1S/C16H14ClN3O4/c1-10(11-4-3-5-13(8-11)20(22)23)18-19-16(21)14-9-12(17)6-7-15(14)24-2/h3-9H,1-2H3,(H,19,21)/b18-10+. The van der Waals surface area contributed by atoms with Crippen LogP contribution in [0.4, 0.5) is 5.69 Å². The van der Waals surface area contributed by atoms with Crippen LogP contribution in [-0.2, 0) is 0 Å². The predicted octanol–water partition coefficient (Wildman–Crippen LogP) is 3.41. The smallest absolute Gasteiger partial charge is 0.275 e. The van der Waals surface area contributed by atoms with E-state index in [1.807, 2.05) is 0 Å². The van der Waals surface area contributed by atoms with Gasteiger partial charge in [-0.05, 0) is 25.1 Å². The summed E-state index contributed by atoms with van der Waals surface area (Å²) in [6, 6.07) is 10.6. The van der Waals surface area contributed by atoms with E-state index in [2.05, 4.69) is 10.5 Å². The molecule has 0 atom stereocenters. The molecule has 8 heteroatoms. The first kappa shape index (κ1) is 17.4. The zero-order valence-corrected chi connectivity index (χ0v) is 13.7. The normalized spacial score (nSPS) is 11.0. The minimum absolute atomic E-state index is 0.0510. The summed E-state index contributed by atoms with van der Waals surface area (Å²) < 4.78 is 5.11. The molecule has 2 aromatic rings. The van der Waals surface area contributed by atoms with Gasteiger partial charge in [-0.1, -0.05) is 23.7 Å². The molecule has 7 nitrogen and oxygen atoms in total. The molecule has 1 amide bonds. The van der Waals surface area contributed by atoms with Crippen molar-refractivity contribution in [2.45, 2.75) is 6.92 Å². The molecule has 0 saturated heterocycles. The lowest BCUT2D eigenvalue weighted by Gasteiger charge is -2.08. The number of hydrogen-bond donors (Lipinski definition) is 1. The summed E-state index contributed by atoms with van der Waals surface area (Å²) in [6.45, 7) is 1.63. The Balaban J connectivity index is 2.21. The number of benzene rings is 2. The van der Waals surface area contributed by atoms with Crippen molar-refractivity contribution in [3.05, 3.63) is 68.7 Å². The first-order valence-electron chi connectivity index (χ1n) is 6.85. The molecule has 0 radical (unpaired) electrons. The van der Waals surface area contributed by atoms with Crippen molar-refractivity contribution in [3.63, 3.8) is 0 Å². The summed E-state index contributed by atoms with van der Waals surface area (Å²) in [5.74, 6) is -0.140. The van der Waals surface area contributed by atoms with E-state index in [-0.39, 0.29) is 11.3 Å². The van der Waals surface area contributed by atoms with Crippen LogP contribution in [0.1, 0.15) is 22.8 Å². The number of rotatable bonds is 5. The number of amides is 1. The summed E-state index contributed by atoms with van der Waals surface area (Å²) in [6.07, 6.45) is 0. The van der Waals surface area contributed by atoms with Crippen molar-refractivity contribution in [3.8, 4) is 5.75 Å². The molecule has 124 valence electrons. The van der Waals surface area contributed by atoms with Crippen LogP contribution in [0.15, 0.2) is 47.6 Å². The number of nitro groups is 1. The van der Waals surface area contributed by atoms with Crippen LogP contribution in [0.5, 0.6) is 5.75 Å². The second kappa shape index (κ2) is 7.56. The Labute approximate surface area is 143 Å². The fourth-order valence-corrected chi connectivity index (χ4v) is 2.13. The third-order valence-electron chi connectivity index (χ3n) is 3.21. The van der Waals surface area contributed by atoms with Gasteiger partial charge in [0, 0.05) is 22.7 Å². The molecule has 0 aliphatic heterocycles. The number of ether oxygens (including phenoxy) is 1. The van der Waals surface area contributed by atoms with Crippen molar-refractivity contribution >= 4 is 28.9 Å². The Bertz CT molecular complexity index is 821. The van der Waals surface area contributed by atoms with Gasteiger partial charge >= 0.3 is 0 Å². The first-order chi connectivity index (χ1) is 11.4. The quantitative estimate of drug-likeness (QED) is 0.509. The molecular formula is C16H14ClN3O4. The van der Waals surface area contributed by atoms with Gasteiger partial charge in [0.2, 0.25) is 0 Å². The molecule has 1 N–H and O–H groups in total. The predicted molar refractivity (Wildman–Crippen MR) is 90.8 cm³/mol. The minimum Gasteiger partial charge on any atom is -0.496 e. The molecule has 0 saturated carbocycles. The van der Waals surface area contributed by atoms with Crippen molar-refractivity contribution in [1.82, 2.24) is 5.43 Å². The lowest BCUT2D eigenvalue weighted by molar-refractivity contribution is -0.384. The van der Waals surface area contributed by atoms with Crippen molar-refractivity contribution in [2.75, 3.05) is 7.11 Å². The van der Waals surface area contributed by atoms with Crippen LogP contribution in [0.3, 0.4) is 0 Å². The number of nitrogens with zero attached hydrogens (tertiary/aromatic N) is 2. The number of methoxy groups -OCH3 is 1. The largest absolute Gasteiger partial charge is 0.496 e. The highest BCUT2D eigenvalue weighted by Crippen LogP contribution is 2.22. The summed E-state index contributed by atoms with van der Waals surface area (Å²) in [4.78, 5) is 22.5. The highest BCUT2D eigenvalue weighted by molar-refractivity contribution is 6.31. The molecule has 0 aromatic heterocycles. The van der Waals surface area contributed by atoms with E-state index in [1.165, 1.54) is 25.3 Å². The average Bonchev–Trinajstić information content (AvgIpc) is 2.59. The van der Waals surface area contributed by atoms with Crippen molar-refractivity contribution < 1.29 is 14.5 Å². The monoisotopic (exact) mass is 347 g/mol. The van der Waals surface area contributed by atoms with E-state index >= 15 is 0 Å². The number of non-ortho nitro benzene ring substituents is 1. The lowest BCUT2D eigenvalue weighted by atomic mass is 10.1. The maximum absolute atomic E-state index is 12.2. The maximum atomic E-state index is 12.2. The molecule has 0 bridgehead atoms. The Kier molecular flexibility index (Phi) is 5.49. The highest BCUT2D eigenvalue weighted by Gasteiger charge is 2.13. The summed E-state index contributed by atoms with van der Waals surface area (Å²) in [5.41, 5.74) is 3.53. The number of carbonyl (C=O) groups is 1. The molecule has 0 aliphatic carbocycles. The van der Waals surface area contributed by atoms with E-state index in [1.54, 1.807) is 31.2 Å². The van der Waals surface area contributed by atoms with Gasteiger partial charge in [-0.15, -0.1) is 0 Å². The Morgan fingerprint density at radius 1 is 1.29 bits per heavy atom. The number of nitrogens with one attached hydrogen (secondary N) is 1. The fraction of sp³-hybridized carbons (Fsp3) is 0.125. The van der Waals surface area contributed by atoms with Gasteiger partial charge in [0.1, 0.15) is 5.75 Å². The summed E-state index contributed by atoms with van der Waals surface area (Å²) >= 11 is 5.89. The fourth-order valence-electron chi connectivity index (χ4n) is 1.96. The number of hydrogen-bond acceptors (Lipinski definition) is 5. The van der Waals surface area contributed by atoms with E-state index in [4.69, 9.17) is 16.3 Å². The average molecular weight is 348 g/mol. The molecular weight excluding hydrogens is 334 g/mol. The van der Waals surface area contributed by atoms with Gasteiger partial charge in [0.25, 0.3) is 11.6 Å². The molecule has 2 aromatic carbocycles. The number of nitro benzene ring substituents is 1. The van der Waals surface area contributed by atoms with Gasteiger partial charge in [-0.2, -0.15) is 5.10 Å². The second-order valence-electron chi connectivity index (χ2n) is 4.79. The van der Waals surface area contributed by atoms with E-state index in [9.17, 15) is 14.9 Å². The number of halogens is 1. The Hall–Kier alpha value is -2.93. The SMILES string of the molecule is COc1ccc(Cl)cc1C(=O)N/N=C(\C)c1cccc([N+](=O)[O-])c1. The summed E-state index contributed by atoms with van der Waals surface area (Å²) in [7, 11) is 1.44. The lowest BCUT2D eigenvalue weighted by Crippen LogP contribution is -2.20. The number of carbonyl (C=O) groups excluding carboxylic acids is 1. The van der Waals surface area contributed by atoms with Crippen LogP contribution >= 0.6 is 11.6 Å². The molecule has 0 spiro atoms. The molecule has 0 unspecified atom stereocenters. The molecule has 24 heavy (non-hydrogen) atoms. The molecule has 2 rings (SSSR count). The highest BCUT2D eigenvalue weighted by atomic mass is 35.5. The molecule has 0 heterocycles. The zero-order chi connectivity index (χ0) is 17.7. The van der Waals surface area contributed by atoms with Crippen LogP contribution in [0, 0.1) is 10.1 Å². The minimum atomic E-state index is -0.501. The Morgan fingerprint density at radius 3 is 2.71 bits per heavy atom. The first-order valence-corrected chi connectivity index (χ1v) is 7.23. The van der Waals surface area contributed by atoms with Gasteiger partial charge in [0.15, 0.2) is 0 Å². The maximum Gasteiger partial charge on any atom is 0.275 e. The zero-order valence-electron chi connectivity index (χ0n) is 12.9. The van der Waals surface area contributed by atoms with E-state index in [0.29, 0.717) is 22.0 Å². The van der Waals surface area contributed by atoms with Gasteiger partial charge in [-0.25, -0.2) is 5.43 Å². The van der Waals surface area contributed by atoms with E-state index < -0.39 is 10.8 Å². The third kappa shape index (κ3) is 4.08. The molecule has 0 fully saturated rings. The molecule has 0 aliphatic rings. The van der Waals surface area contributed by atoms with Crippen molar-refractivity contribution in [2.24, 2.45) is 5.10 Å². The third-order valence-corrected chi connectivity index (χ3v) is 3.44. The summed E-state index contributed by atoms with van der Waals surface area (Å²) in [5, 5.41) is 15.2. The number of hydrazone groups is 1.